The monoisotopic (exact) mass is 327 g/mol. The van der Waals surface area contributed by atoms with Crippen LogP contribution in [0.1, 0.15) is 16.2 Å². The Morgan fingerprint density at radius 2 is 2.09 bits per heavy atom. The van der Waals surface area contributed by atoms with Gasteiger partial charge in [-0.3, -0.25) is 4.99 Å². The molecule has 0 fully saturated rings. The van der Waals surface area contributed by atoms with E-state index in [1.54, 1.807) is 18.4 Å². The van der Waals surface area contributed by atoms with Gasteiger partial charge in [0.15, 0.2) is 5.96 Å². The van der Waals surface area contributed by atoms with Crippen molar-refractivity contribution in [2.75, 3.05) is 13.6 Å². The van der Waals surface area contributed by atoms with Gasteiger partial charge in [0.25, 0.3) is 0 Å². The Kier molecular flexibility index (Phi) is 4.98. The molecular formula is C18H21N3OS. The van der Waals surface area contributed by atoms with E-state index in [9.17, 15) is 0 Å². The first kappa shape index (κ1) is 15.6. The number of hydrogen-bond acceptors (Lipinski definition) is 3. The van der Waals surface area contributed by atoms with Gasteiger partial charge >= 0.3 is 0 Å². The van der Waals surface area contributed by atoms with Gasteiger partial charge in [0.1, 0.15) is 11.3 Å². The summed E-state index contributed by atoms with van der Waals surface area (Å²) in [5, 5.41) is 9.94. The number of hydrogen-bond donors (Lipinski definition) is 2. The quantitative estimate of drug-likeness (QED) is 0.555. The average molecular weight is 327 g/mol. The summed E-state index contributed by atoms with van der Waals surface area (Å²) in [4.78, 5) is 5.60. The Morgan fingerprint density at radius 1 is 1.22 bits per heavy atom. The molecule has 0 radical (unpaired) electrons. The second-order valence-corrected chi connectivity index (χ2v) is 6.38. The first-order valence-electron chi connectivity index (χ1n) is 7.71. The molecule has 0 aliphatic carbocycles. The SMILES string of the molecule is CN=C(NCCc1cc2ccccc2o1)NCc1sccc1C. The Hall–Kier alpha value is -2.27. The number of furan rings is 1. The molecule has 0 bridgehead atoms. The third-order valence-corrected chi connectivity index (χ3v) is 4.77. The van der Waals surface area contributed by atoms with Gasteiger partial charge in [-0.2, -0.15) is 0 Å². The molecule has 0 spiro atoms. The minimum atomic E-state index is 0.781. The lowest BCUT2D eigenvalue weighted by molar-refractivity contribution is 0.544. The standard InChI is InChI=1S/C18H21N3OS/c1-13-8-10-23-17(13)12-21-18(19-2)20-9-7-15-11-14-5-3-4-6-16(14)22-15/h3-6,8,10-11H,7,9,12H2,1-2H3,(H2,19,20,21). The van der Waals surface area contributed by atoms with Crippen LogP contribution in [0.25, 0.3) is 11.0 Å². The fourth-order valence-corrected chi connectivity index (χ4v) is 3.28. The highest BCUT2D eigenvalue weighted by Crippen LogP contribution is 2.18. The highest BCUT2D eigenvalue weighted by atomic mass is 32.1. The zero-order valence-electron chi connectivity index (χ0n) is 13.4. The largest absolute Gasteiger partial charge is 0.461 e. The topological polar surface area (TPSA) is 49.6 Å². The van der Waals surface area contributed by atoms with Crippen molar-refractivity contribution in [2.24, 2.45) is 4.99 Å². The molecule has 2 heterocycles. The lowest BCUT2D eigenvalue weighted by Gasteiger charge is -2.11. The van der Waals surface area contributed by atoms with Gasteiger partial charge in [-0.05, 0) is 36.1 Å². The maximum absolute atomic E-state index is 5.82. The smallest absolute Gasteiger partial charge is 0.191 e. The number of aliphatic imine (C=N–C) groups is 1. The Morgan fingerprint density at radius 3 is 2.83 bits per heavy atom. The van der Waals surface area contributed by atoms with E-state index in [4.69, 9.17) is 4.42 Å². The molecule has 0 amide bonds. The van der Waals surface area contributed by atoms with Crippen molar-refractivity contribution in [3.05, 3.63) is 58.0 Å². The van der Waals surface area contributed by atoms with Crippen LogP contribution in [0.3, 0.4) is 0 Å². The van der Waals surface area contributed by atoms with E-state index in [1.807, 2.05) is 18.2 Å². The minimum Gasteiger partial charge on any atom is -0.461 e. The summed E-state index contributed by atoms with van der Waals surface area (Å²) >= 11 is 1.76. The fourth-order valence-electron chi connectivity index (χ4n) is 2.43. The predicted molar refractivity (Wildman–Crippen MR) is 97.2 cm³/mol. The molecular weight excluding hydrogens is 306 g/mol. The van der Waals surface area contributed by atoms with Crippen molar-refractivity contribution in [1.29, 1.82) is 0 Å². The number of benzene rings is 1. The Bertz CT molecular complexity index is 770. The van der Waals surface area contributed by atoms with Gasteiger partial charge < -0.3 is 15.1 Å². The number of thiophene rings is 1. The van der Waals surface area contributed by atoms with Gasteiger partial charge in [0.2, 0.25) is 0 Å². The number of aryl methyl sites for hydroxylation is 1. The van der Waals surface area contributed by atoms with E-state index >= 15 is 0 Å². The van der Waals surface area contributed by atoms with Gasteiger partial charge in [-0.15, -0.1) is 11.3 Å². The van der Waals surface area contributed by atoms with Gasteiger partial charge in [0.05, 0.1) is 6.54 Å². The molecule has 0 aliphatic rings. The summed E-state index contributed by atoms with van der Waals surface area (Å²) in [5.41, 5.74) is 2.26. The maximum Gasteiger partial charge on any atom is 0.191 e. The Labute approximate surface area is 140 Å². The lowest BCUT2D eigenvalue weighted by Crippen LogP contribution is -2.37. The van der Waals surface area contributed by atoms with Crippen LogP contribution in [0.2, 0.25) is 0 Å². The first-order valence-corrected chi connectivity index (χ1v) is 8.59. The molecule has 0 saturated carbocycles. The third-order valence-electron chi connectivity index (χ3n) is 3.75. The van der Waals surface area contributed by atoms with Gasteiger partial charge in [-0.1, -0.05) is 18.2 Å². The summed E-state index contributed by atoms with van der Waals surface area (Å²) in [6.07, 6.45) is 0.827. The highest BCUT2D eigenvalue weighted by Gasteiger charge is 2.05. The Balaban J connectivity index is 1.49. The summed E-state index contributed by atoms with van der Waals surface area (Å²) < 4.78 is 5.82. The molecule has 120 valence electrons. The normalized spacial score (nSPS) is 11.8. The second-order valence-electron chi connectivity index (χ2n) is 5.38. The van der Waals surface area contributed by atoms with E-state index in [0.717, 1.165) is 42.2 Å². The van der Waals surface area contributed by atoms with Crippen molar-refractivity contribution in [3.63, 3.8) is 0 Å². The molecule has 5 heteroatoms. The van der Waals surface area contributed by atoms with Crippen molar-refractivity contribution in [3.8, 4) is 0 Å². The number of rotatable bonds is 5. The summed E-state index contributed by atoms with van der Waals surface area (Å²) in [5.74, 6) is 1.80. The van der Waals surface area contributed by atoms with E-state index in [0.29, 0.717) is 0 Å². The molecule has 23 heavy (non-hydrogen) atoms. The third kappa shape index (κ3) is 3.93. The number of para-hydroxylation sites is 1. The number of guanidine groups is 1. The molecule has 0 unspecified atom stereocenters. The summed E-state index contributed by atoms with van der Waals surface area (Å²) in [6.45, 7) is 3.71. The van der Waals surface area contributed by atoms with Crippen LogP contribution < -0.4 is 10.6 Å². The van der Waals surface area contributed by atoms with Crippen LogP contribution in [0.5, 0.6) is 0 Å². The zero-order chi connectivity index (χ0) is 16.1. The second kappa shape index (κ2) is 7.33. The van der Waals surface area contributed by atoms with E-state index < -0.39 is 0 Å². The molecule has 3 aromatic rings. The highest BCUT2D eigenvalue weighted by molar-refractivity contribution is 7.10. The van der Waals surface area contributed by atoms with Crippen molar-refractivity contribution in [2.45, 2.75) is 19.9 Å². The van der Waals surface area contributed by atoms with Crippen LogP contribution in [0.4, 0.5) is 0 Å². The molecule has 1 aromatic carbocycles. The van der Waals surface area contributed by atoms with Crippen molar-refractivity contribution >= 4 is 28.3 Å². The lowest BCUT2D eigenvalue weighted by atomic mass is 10.2. The van der Waals surface area contributed by atoms with Crippen LogP contribution in [0.15, 0.2) is 51.2 Å². The maximum atomic E-state index is 5.82. The minimum absolute atomic E-state index is 0.781. The number of fused-ring (bicyclic) bond motifs is 1. The average Bonchev–Trinajstić information content (AvgIpc) is 3.16. The molecule has 2 aromatic heterocycles. The molecule has 0 saturated heterocycles. The predicted octanol–water partition coefficient (Wildman–Crippen LogP) is 3.71. The van der Waals surface area contributed by atoms with Crippen LogP contribution in [-0.4, -0.2) is 19.6 Å². The van der Waals surface area contributed by atoms with E-state index in [1.165, 1.54) is 10.4 Å². The van der Waals surface area contributed by atoms with E-state index in [2.05, 4.69) is 46.1 Å². The van der Waals surface area contributed by atoms with Crippen LogP contribution in [0, 0.1) is 6.92 Å². The summed E-state index contributed by atoms with van der Waals surface area (Å²) in [6, 6.07) is 12.3. The van der Waals surface area contributed by atoms with Gasteiger partial charge in [0, 0.05) is 30.3 Å². The van der Waals surface area contributed by atoms with Crippen molar-refractivity contribution in [1.82, 2.24) is 10.6 Å². The van der Waals surface area contributed by atoms with Crippen molar-refractivity contribution < 1.29 is 4.42 Å². The first-order chi connectivity index (χ1) is 11.3. The van der Waals surface area contributed by atoms with E-state index in [-0.39, 0.29) is 0 Å². The number of nitrogens with one attached hydrogen (secondary N) is 2. The van der Waals surface area contributed by atoms with Crippen LogP contribution >= 0.6 is 11.3 Å². The molecule has 2 N–H and O–H groups in total. The molecule has 0 aliphatic heterocycles. The zero-order valence-corrected chi connectivity index (χ0v) is 14.2. The molecule has 3 rings (SSSR count). The fraction of sp³-hybridized carbons (Fsp3) is 0.278. The number of nitrogens with zero attached hydrogens (tertiary/aromatic N) is 1. The molecule has 0 atom stereocenters. The molecule has 4 nitrogen and oxygen atoms in total. The summed E-state index contributed by atoms with van der Waals surface area (Å²) in [7, 11) is 1.79. The van der Waals surface area contributed by atoms with Gasteiger partial charge in [-0.25, -0.2) is 0 Å². The van der Waals surface area contributed by atoms with Crippen LogP contribution in [-0.2, 0) is 13.0 Å².